The van der Waals surface area contributed by atoms with Gasteiger partial charge in [0.15, 0.2) is 0 Å². The van der Waals surface area contributed by atoms with Crippen LogP contribution in [0.2, 0.25) is 0 Å². The number of hydrogen-bond acceptors (Lipinski definition) is 1. The van der Waals surface area contributed by atoms with Gasteiger partial charge in [0.25, 0.3) is 0 Å². The quantitative estimate of drug-likeness (QED) is 0.347. The lowest BCUT2D eigenvalue weighted by molar-refractivity contribution is 0.443. The van der Waals surface area contributed by atoms with Gasteiger partial charge in [-0.1, -0.05) is 86.1 Å². The molecule has 140 valence electrons. The van der Waals surface area contributed by atoms with E-state index in [2.05, 4.69) is 73.3 Å². The van der Waals surface area contributed by atoms with Crippen molar-refractivity contribution in [3.05, 3.63) is 101 Å². The largest absolute Gasteiger partial charge is 0.0906 e. The summed E-state index contributed by atoms with van der Waals surface area (Å²) in [6.45, 7) is 4.42. The van der Waals surface area contributed by atoms with Crippen LogP contribution in [0.25, 0.3) is 5.57 Å². The van der Waals surface area contributed by atoms with Crippen LogP contribution in [0.4, 0.5) is 0 Å². The normalized spacial score (nSPS) is 16.3. The molecule has 0 N–H and O–H groups in total. The van der Waals surface area contributed by atoms with Crippen LogP contribution in [-0.4, -0.2) is 0 Å². The predicted molar refractivity (Wildman–Crippen MR) is 120 cm³/mol. The Morgan fingerprint density at radius 3 is 2.29 bits per heavy atom. The van der Waals surface area contributed by atoms with Crippen LogP contribution < -0.4 is 0 Å². The monoisotopic (exact) mass is 382 g/mol. The van der Waals surface area contributed by atoms with Crippen LogP contribution in [0.5, 0.6) is 0 Å². The molecule has 0 amide bonds. The van der Waals surface area contributed by atoms with E-state index in [0.717, 1.165) is 17.9 Å². The maximum atomic E-state index is 4.42. The van der Waals surface area contributed by atoms with Gasteiger partial charge in [-0.05, 0) is 76.8 Å². The summed E-state index contributed by atoms with van der Waals surface area (Å²) in [5.74, 6) is 0.761. The number of rotatable bonds is 3. The lowest BCUT2D eigenvalue weighted by Gasteiger charge is -2.22. The molecule has 28 heavy (non-hydrogen) atoms. The highest BCUT2D eigenvalue weighted by Gasteiger charge is 2.18. The maximum absolute atomic E-state index is 4.42. The van der Waals surface area contributed by atoms with Crippen LogP contribution in [0.3, 0.4) is 0 Å². The van der Waals surface area contributed by atoms with Gasteiger partial charge in [-0.3, -0.25) is 0 Å². The van der Waals surface area contributed by atoms with Crippen molar-refractivity contribution < 1.29 is 0 Å². The molecule has 1 aliphatic carbocycles. The van der Waals surface area contributed by atoms with Crippen molar-refractivity contribution in [3.8, 4) is 0 Å². The topological polar surface area (TPSA) is 0 Å². The van der Waals surface area contributed by atoms with Gasteiger partial charge in [0.05, 0.1) is 0 Å². The molecule has 1 aliphatic heterocycles. The number of fused-ring (bicyclic) bond motifs is 2. The van der Waals surface area contributed by atoms with Crippen molar-refractivity contribution in [1.29, 1.82) is 0 Å². The minimum absolute atomic E-state index is 0.761. The Balaban J connectivity index is 1.37. The summed E-state index contributed by atoms with van der Waals surface area (Å²) in [5.41, 5.74) is 7.96. The summed E-state index contributed by atoms with van der Waals surface area (Å²) in [6, 6.07) is 24.8. The average Bonchev–Trinajstić information content (AvgIpc) is 2.77. The maximum Gasteiger partial charge on any atom is 0.0158 e. The molecule has 5 rings (SSSR count). The second kappa shape index (κ2) is 7.64. The first kappa shape index (κ1) is 17.8. The molecule has 3 aromatic rings. The zero-order chi connectivity index (χ0) is 18.9. The van der Waals surface area contributed by atoms with Crippen LogP contribution in [-0.2, 0) is 6.42 Å². The first-order valence-corrected chi connectivity index (χ1v) is 11.3. The molecule has 0 unspecified atom stereocenters. The summed E-state index contributed by atoms with van der Waals surface area (Å²) in [4.78, 5) is 2.77. The first-order valence-electron chi connectivity index (χ1n) is 10.5. The van der Waals surface area contributed by atoms with Gasteiger partial charge in [0.1, 0.15) is 0 Å². The lowest BCUT2D eigenvalue weighted by Crippen LogP contribution is -2.04. The van der Waals surface area contributed by atoms with E-state index in [9.17, 15) is 0 Å². The molecule has 0 aromatic heterocycles. The van der Waals surface area contributed by atoms with Gasteiger partial charge in [0, 0.05) is 9.79 Å². The third kappa shape index (κ3) is 3.44. The van der Waals surface area contributed by atoms with Crippen molar-refractivity contribution in [2.75, 3.05) is 0 Å². The molecule has 0 atom stereocenters. The van der Waals surface area contributed by atoms with E-state index in [1.807, 2.05) is 11.8 Å². The van der Waals surface area contributed by atoms with Gasteiger partial charge in [-0.25, -0.2) is 0 Å². The van der Waals surface area contributed by atoms with Crippen molar-refractivity contribution in [2.45, 2.75) is 54.2 Å². The summed E-state index contributed by atoms with van der Waals surface area (Å²) in [5, 5.41) is 0. The van der Waals surface area contributed by atoms with E-state index >= 15 is 0 Å². The zero-order valence-corrected chi connectivity index (χ0v) is 17.1. The SMILES string of the molecule is C=C(c1ccc(C2CCCCC2)cc1)c1ccc2c(c1)Cc1ccccc1S2. The van der Waals surface area contributed by atoms with Crippen LogP contribution in [0.15, 0.2) is 83.1 Å². The van der Waals surface area contributed by atoms with Crippen molar-refractivity contribution >= 4 is 17.3 Å². The van der Waals surface area contributed by atoms with Gasteiger partial charge in [-0.2, -0.15) is 0 Å². The Hall–Kier alpha value is -2.25. The minimum Gasteiger partial charge on any atom is -0.0906 e. The fourth-order valence-electron chi connectivity index (χ4n) is 4.64. The molecule has 1 heterocycles. The van der Waals surface area contributed by atoms with Crippen LogP contribution in [0.1, 0.15) is 65.8 Å². The Morgan fingerprint density at radius 1 is 0.750 bits per heavy atom. The zero-order valence-electron chi connectivity index (χ0n) is 16.3. The highest BCUT2D eigenvalue weighted by molar-refractivity contribution is 7.99. The second-order valence-electron chi connectivity index (χ2n) is 8.14. The van der Waals surface area contributed by atoms with Gasteiger partial charge < -0.3 is 0 Å². The molecule has 0 nitrogen and oxygen atoms in total. The first-order chi connectivity index (χ1) is 13.8. The van der Waals surface area contributed by atoms with E-state index < -0.39 is 0 Å². The smallest absolute Gasteiger partial charge is 0.0158 e. The molecule has 3 aromatic carbocycles. The Morgan fingerprint density at radius 2 is 1.46 bits per heavy atom. The fourth-order valence-corrected chi connectivity index (χ4v) is 5.69. The molecular formula is C27H26S. The summed E-state index contributed by atoms with van der Waals surface area (Å²) >= 11 is 1.89. The lowest BCUT2D eigenvalue weighted by atomic mass is 9.83. The summed E-state index contributed by atoms with van der Waals surface area (Å²) < 4.78 is 0. The van der Waals surface area contributed by atoms with Crippen LogP contribution >= 0.6 is 11.8 Å². The van der Waals surface area contributed by atoms with Gasteiger partial charge in [-0.15, -0.1) is 0 Å². The van der Waals surface area contributed by atoms with Crippen molar-refractivity contribution in [2.24, 2.45) is 0 Å². The van der Waals surface area contributed by atoms with Crippen LogP contribution in [0, 0.1) is 0 Å². The van der Waals surface area contributed by atoms with E-state index in [0.29, 0.717) is 0 Å². The molecule has 1 heteroatoms. The summed E-state index contributed by atoms with van der Waals surface area (Å²) in [7, 11) is 0. The molecule has 1 saturated carbocycles. The minimum atomic E-state index is 0.761. The van der Waals surface area contributed by atoms with E-state index in [4.69, 9.17) is 0 Å². The average molecular weight is 383 g/mol. The standard InChI is InChI=1S/C27H26S/c1-19(20-11-13-22(14-12-20)21-7-3-2-4-8-21)23-15-16-27-25(17-23)18-24-9-5-6-10-26(24)28-27/h5-6,9-17,21H,1-4,7-8,18H2. The third-order valence-electron chi connectivity index (χ3n) is 6.32. The molecule has 0 saturated heterocycles. The van der Waals surface area contributed by atoms with E-state index in [1.165, 1.54) is 69.7 Å². The highest BCUT2D eigenvalue weighted by atomic mass is 32.2. The Kier molecular flexibility index (Phi) is 4.86. The predicted octanol–water partition coefficient (Wildman–Crippen LogP) is 7.85. The van der Waals surface area contributed by atoms with Crippen molar-refractivity contribution in [1.82, 2.24) is 0 Å². The molecule has 0 bridgehead atoms. The van der Waals surface area contributed by atoms with Gasteiger partial charge >= 0.3 is 0 Å². The molecule has 0 spiro atoms. The van der Waals surface area contributed by atoms with Gasteiger partial charge in [0.2, 0.25) is 0 Å². The Labute approximate surface area is 172 Å². The molecular weight excluding hydrogens is 356 g/mol. The van der Waals surface area contributed by atoms with E-state index in [-0.39, 0.29) is 0 Å². The second-order valence-corrected chi connectivity index (χ2v) is 9.23. The number of hydrogen-bond donors (Lipinski definition) is 0. The summed E-state index contributed by atoms with van der Waals surface area (Å²) in [6.07, 6.45) is 7.89. The highest BCUT2D eigenvalue weighted by Crippen LogP contribution is 2.40. The Bertz CT molecular complexity index is 1010. The molecule has 2 aliphatic rings. The number of benzene rings is 3. The molecule has 0 radical (unpaired) electrons. The molecule has 1 fully saturated rings. The van der Waals surface area contributed by atoms with Crippen molar-refractivity contribution in [3.63, 3.8) is 0 Å². The fraction of sp³-hybridized carbons (Fsp3) is 0.259. The van der Waals surface area contributed by atoms with E-state index in [1.54, 1.807) is 0 Å². The third-order valence-corrected chi connectivity index (χ3v) is 7.55.